The fourth-order valence-corrected chi connectivity index (χ4v) is 4.54. The zero-order valence-corrected chi connectivity index (χ0v) is 21.9. The van der Waals surface area contributed by atoms with Crippen LogP contribution in [0.15, 0.2) is 85.5 Å². The van der Waals surface area contributed by atoms with Crippen molar-refractivity contribution in [3.63, 3.8) is 0 Å². The van der Waals surface area contributed by atoms with Crippen LogP contribution in [0.5, 0.6) is 5.75 Å². The number of rotatable bonds is 14. The lowest BCUT2D eigenvalue weighted by Gasteiger charge is -2.12. The van der Waals surface area contributed by atoms with Gasteiger partial charge in [0.05, 0.1) is 24.1 Å². The molecule has 0 radical (unpaired) electrons. The molecule has 192 valence electrons. The number of nitrogens with zero attached hydrogens (tertiary/aromatic N) is 2. The van der Waals surface area contributed by atoms with Crippen LogP contribution in [0, 0.1) is 0 Å². The summed E-state index contributed by atoms with van der Waals surface area (Å²) in [4.78, 5) is 17.2. The number of imidazole rings is 1. The molecule has 0 bridgehead atoms. The summed E-state index contributed by atoms with van der Waals surface area (Å²) in [7, 11) is 0. The van der Waals surface area contributed by atoms with E-state index in [1.165, 1.54) is 5.56 Å². The number of fused-ring (bicyclic) bond motifs is 1. The number of hydrogen-bond acceptors (Lipinski definition) is 3. The highest BCUT2D eigenvalue weighted by Crippen LogP contribution is 2.20. The lowest BCUT2D eigenvalue weighted by Crippen LogP contribution is -2.26. The number of halogens is 1. The van der Waals surface area contributed by atoms with Crippen LogP contribution in [-0.2, 0) is 30.6 Å². The highest BCUT2D eigenvalue weighted by atomic mass is 35.5. The van der Waals surface area contributed by atoms with Gasteiger partial charge in [0.2, 0.25) is 5.91 Å². The Bertz CT molecular complexity index is 1310. The van der Waals surface area contributed by atoms with Gasteiger partial charge in [0.1, 0.15) is 11.6 Å². The Kier molecular flexibility index (Phi) is 9.78. The van der Waals surface area contributed by atoms with Gasteiger partial charge in [-0.1, -0.05) is 60.1 Å². The predicted molar refractivity (Wildman–Crippen MR) is 151 cm³/mol. The number of unbranched alkanes of at least 4 members (excludes halogenated alkanes) is 1. The lowest BCUT2D eigenvalue weighted by molar-refractivity contribution is -0.120. The molecule has 6 heteroatoms. The summed E-state index contributed by atoms with van der Waals surface area (Å²) in [5, 5.41) is 3.70. The smallest absolute Gasteiger partial charge is 0.224 e. The van der Waals surface area contributed by atoms with Crippen molar-refractivity contribution in [3.8, 4) is 5.75 Å². The summed E-state index contributed by atoms with van der Waals surface area (Å²) < 4.78 is 8.37. The average Bonchev–Trinajstić information content (AvgIpc) is 3.26. The SMILES string of the molecule is C=CCc1ccccc1OCCCCn1c(CCCNC(=O)Cc2ccc(Cl)cc2)nc2ccccc21. The molecule has 4 aromatic rings. The molecule has 3 aromatic carbocycles. The van der Waals surface area contributed by atoms with E-state index in [9.17, 15) is 4.79 Å². The van der Waals surface area contributed by atoms with Crippen LogP contribution in [0.1, 0.15) is 36.2 Å². The first-order chi connectivity index (χ1) is 18.1. The van der Waals surface area contributed by atoms with Gasteiger partial charge in [-0.25, -0.2) is 4.98 Å². The van der Waals surface area contributed by atoms with Crippen molar-refractivity contribution in [1.29, 1.82) is 0 Å². The van der Waals surface area contributed by atoms with Crippen molar-refractivity contribution in [1.82, 2.24) is 14.9 Å². The molecule has 0 atom stereocenters. The number of nitrogens with one attached hydrogen (secondary N) is 1. The third-order valence-corrected chi connectivity index (χ3v) is 6.53. The number of hydrogen-bond donors (Lipinski definition) is 1. The number of ether oxygens (including phenoxy) is 1. The van der Waals surface area contributed by atoms with Crippen molar-refractivity contribution in [2.75, 3.05) is 13.2 Å². The van der Waals surface area contributed by atoms with E-state index < -0.39 is 0 Å². The van der Waals surface area contributed by atoms with Gasteiger partial charge in [0.15, 0.2) is 0 Å². The minimum absolute atomic E-state index is 0.0190. The predicted octanol–water partition coefficient (Wildman–Crippen LogP) is 6.57. The van der Waals surface area contributed by atoms with E-state index >= 15 is 0 Å². The maximum absolute atomic E-state index is 12.3. The standard InChI is InChI=1S/C31H34ClN3O2/c1-2-10-25-11-3-6-14-29(25)37-22-8-7-21-35-28-13-5-4-12-27(28)34-30(35)15-9-20-33-31(36)23-24-16-18-26(32)19-17-24/h2-6,11-14,16-19H,1,7-10,15,20-23H2,(H,33,36). The van der Waals surface area contributed by atoms with Crippen LogP contribution < -0.4 is 10.1 Å². The summed E-state index contributed by atoms with van der Waals surface area (Å²) in [5.74, 6) is 2.02. The largest absolute Gasteiger partial charge is 0.493 e. The van der Waals surface area contributed by atoms with E-state index in [1.807, 2.05) is 54.6 Å². The molecule has 0 aliphatic carbocycles. The first-order valence-electron chi connectivity index (χ1n) is 12.9. The van der Waals surface area contributed by atoms with E-state index in [1.54, 1.807) is 0 Å². The molecule has 4 rings (SSSR count). The third kappa shape index (κ3) is 7.70. The number of allylic oxidation sites excluding steroid dienone is 1. The molecule has 0 saturated carbocycles. The molecular weight excluding hydrogens is 482 g/mol. The molecule has 1 N–H and O–H groups in total. The average molecular weight is 516 g/mol. The quantitative estimate of drug-likeness (QED) is 0.153. The Hall–Kier alpha value is -3.57. The molecule has 37 heavy (non-hydrogen) atoms. The molecule has 0 spiro atoms. The molecule has 1 amide bonds. The van der Waals surface area contributed by atoms with Crippen molar-refractivity contribution in [3.05, 3.63) is 107 Å². The minimum Gasteiger partial charge on any atom is -0.493 e. The summed E-state index contributed by atoms with van der Waals surface area (Å²) in [6, 6.07) is 23.8. The topological polar surface area (TPSA) is 56.1 Å². The maximum Gasteiger partial charge on any atom is 0.224 e. The molecule has 1 heterocycles. The van der Waals surface area contributed by atoms with E-state index in [4.69, 9.17) is 21.3 Å². The summed E-state index contributed by atoms with van der Waals surface area (Å²) >= 11 is 5.92. The van der Waals surface area contributed by atoms with Crippen LogP contribution in [-0.4, -0.2) is 28.6 Å². The van der Waals surface area contributed by atoms with Crippen LogP contribution in [0.4, 0.5) is 0 Å². The van der Waals surface area contributed by atoms with E-state index in [0.717, 1.165) is 66.8 Å². The summed E-state index contributed by atoms with van der Waals surface area (Å²) in [5.41, 5.74) is 4.29. The first-order valence-corrected chi connectivity index (χ1v) is 13.3. The number of amides is 1. The second kappa shape index (κ2) is 13.7. The van der Waals surface area contributed by atoms with E-state index in [0.29, 0.717) is 24.6 Å². The van der Waals surface area contributed by atoms with Crippen LogP contribution >= 0.6 is 11.6 Å². The zero-order valence-electron chi connectivity index (χ0n) is 21.2. The van der Waals surface area contributed by atoms with Crippen LogP contribution in [0.2, 0.25) is 5.02 Å². The summed E-state index contributed by atoms with van der Waals surface area (Å²) in [6.07, 6.45) is 6.65. The highest BCUT2D eigenvalue weighted by molar-refractivity contribution is 6.30. The second-order valence-corrected chi connectivity index (χ2v) is 9.52. The molecule has 0 saturated heterocycles. The Morgan fingerprint density at radius 1 is 1.00 bits per heavy atom. The normalized spacial score (nSPS) is 10.9. The van der Waals surface area contributed by atoms with E-state index in [-0.39, 0.29) is 5.91 Å². The molecule has 5 nitrogen and oxygen atoms in total. The second-order valence-electron chi connectivity index (χ2n) is 9.08. The van der Waals surface area contributed by atoms with Gasteiger partial charge in [-0.3, -0.25) is 4.79 Å². The van der Waals surface area contributed by atoms with Gasteiger partial charge in [0, 0.05) is 24.5 Å². The maximum atomic E-state index is 12.3. The minimum atomic E-state index is 0.0190. The van der Waals surface area contributed by atoms with Crippen molar-refractivity contribution >= 4 is 28.5 Å². The fourth-order valence-electron chi connectivity index (χ4n) is 4.41. The molecule has 0 aliphatic rings. The van der Waals surface area contributed by atoms with Gasteiger partial charge in [-0.2, -0.15) is 0 Å². The number of para-hydroxylation sites is 3. The Morgan fingerprint density at radius 3 is 2.62 bits per heavy atom. The monoisotopic (exact) mass is 515 g/mol. The molecule has 1 aromatic heterocycles. The van der Waals surface area contributed by atoms with Crippen molar-refractivity contribution in [2.24, 2.45) is 0 Å². The molecular formula is C31H34ClN3O2. The van der Waals surface area contributed by atoms with Crippen molar-refractivity contribution < 1.29 is 9.53 Å². The van der Waals surface area contributed by atoms with Gasteiger partial charge >= 0.3 is 0 Å². The molecule has 0 fully saturated rings. The lowest BCUT2D eigenvalue weighted by atomic mass is 10.1. The molecule has 0 unspecified atom stereocenters. The Labute approximate surface area is 224 Å². The van der Waals surface area contributed by atoms with E-state index in [2.05, 4.69) is 40.7 Å². The Balaban J connectivity index is 1.26. The summed E-state index contributed by atoms with van der Waals surface area (Å²) in [6.45, 7) is 6.01. The third-order valence-electron chi connectivity index (χ3n) is 6.28. The first kappa shape index (κ1) is 26.5. The van der Waals surface area contributed by atoms with Gasteiger partial charge in [0.25, 0.3) is 0 Å². The van der Waals surface area contributed by atoms with Gasteiger partial charge in [-0.05, 0) is 67.1 Å². The van der Waals surface area contributed by atoms with Gasteiger partial charge < -0.3 is 14.6 Å². The number of aryl methyl sites for hydroxylation is 2. The number of benzene rings is 3. The Morgan fingerprint density at radius 2 is 1.78 bits per heavy atom. The van der Waals surface area contributed by atoms with Crippen LogP contribution in [0.3, 0.4) is 0 Å². The molecule has 0 aliphatic heterocycles. The van der Waals surface area contributed by atoms with Crippen molar-refractivity contribution in [2.45, 2.75) is 45.1 Å². The number of aromatic nitrogens is 2. The van der Waals surface area contributed by atoms with Crippen LogP contribution in [0.25, 0.3) is 11.0 Å². The fraction of sp³-hybridized carbons (Fsp3) is 0.290. The zero-order chi connectivity index (χ0) is 25.9. The highest BCUT2D eigenvalue weighted by Gasteiger charge is 2.11. The number of carbonyl (C=O) groups is 1. The van der Waals surface area contributed by atoms with Gasteiger partial charge in [-0.15, -0.1) is 6.58 Å². The number of carbonyl (C=O) groups excluding carboxylic acids is 1.